The normalized spacial score (nSPS) is 21.6. The van der Waals surface area contributed by atoms with Gasteiger partial charge in [-0.25, -0.2) is 0 Å². The number of nitrogens with zero attached hydrogens (tertiary/aromatic N) is 1. The predicted molar refractivity (Wildman–Crippen MR) is 73.2 cm³/mol. The van der Waals surface area contributed by atoms with Crippen LogP contribution in [-0.2, 0) is 4.79 Å². The van der Waals surface area contributed by atoms with E-state index in [1.165, 1.54) is 0 Å². The molecule has 0 spiro atoms. The third-order valence-corrected chi connectivity index (χ3v) is 3.37. The summed E-state index contributed by atoms with van der Waals surface area (Å²) in [5.74, 6) is 0.275. The first kappa shape index (κ1) is 13.6. The van der Waals surface area contributed by atoms with E-state index < -0.39 is 5.97 Å². The van der Waals surface area contributed by atoms with Gasteiger partial charge in [-0.15, -0.1) is 6.58 Å². The third kappa shape index (κ3) is 2.96. The summed E-state index contributed by atoms with van der Waals surface area (Å²) in [6, 6.07) is 7.88. The zero-order chi connectivity index (χ0) is 13.8. The topological polar surface area (TPSA) is 49.8 Å². The van der Waals surface area contributed by atoms with Crippen molar-refractivity contribution in [1.29, 1.82) is 0 Å². The summed E-state index contributed by atoms with van der Waals surface area (Å²) in [5.41, 5.74) is 1.06. The van der Waals surface area contributed by atoms with Crippen LogP contribution >= 0.6 is 0 Å². The minimum atomic E-state index is -0.821. The Morgan fingerprint density at radius 1 is 1.58 bits per heavy atom. The lowest BCUT2D eigenvalue weighted by Gasteiger charge is -2.38. The Morgan fingerprint density at radius 2 is 2.32 bits per heavy atom. The van der Waals surface area contributed by atoms with Gasteiger partial charge in [-0.3, -0.25) is 9.69 Å². The third-order valence-electron chi connectivity index (χ3n) is 3.37. The fraction of sp³-hybridized carbons (Fsp3) is 0.400. The first-order valence-electron chi connectivity index (χ1n) is 6.42. The average Bonchev–Trinajstić information content (AvgIpc) is 2.37. The van der Waals surface area contributed by atoms with E-state index in [4.69, 9.17) is 9.84 Å². The van der Waals surface area contributed by atoms with Crippen LogP contribution < -0.4 is 4.74 Å². The van der Waals surface area contributed by atoms with Crippen molar-refractivity contribution in [3.8, 4) is 5.75 Å². The number of fused-ring (bicyclic) bond motifs is 1. The molecule has 102 valence electrons. The molecule has 4 heteroatoms. The van der Waals surface area contributed by atoms with Crippen molar-refractivity contribution in [3.63, 3.8) is 0 Å². The number of para-hydroxylation sites is 1. The monoisotopic (exact) mass is 261 g/mol. The van der Waals surface area contributed by atoms with Crippen molar-refractivity contribution in [2.75, 3.05) is 19.7 Å². The zero-order valence-corrected chi connectivity index (χ0v) is 11.1. The fourth-order valence-electron chi connectivity index (χ4n) is 2.65. The summed E-state index contributed by atoms with van der Waals surface area (Å²) in [6.45, 7) is 6.97. The van der Waals surface area contributed by atoms with Gasteiger partial charge in [-0.1, -0.05) is 31.2 Å². The standard InChI is InChI=1S/C15H19NO3/c1-3-8-16(9-14(17)18)15-11(2)10-19-13-7-5-4-6-12(13)15/h3-7,11,15H,1,8-10H2,2H3,(H,17,18). The lowest BCUT2D eigenvalue weighted by atomic mass is 9.90. The van der Waals surface area contributed by atoms with Crippen LogP contribution in [0.15, 0.2) is 36.9 Å². The first-order valence-corrected chi connectivity index (χ1v) is 6.42. The van der Waals surface area contributed by atoms with E-state index in [9.17, 15) is 4.79 Å². The van der Waals surface area contributed by atoms with Crippen molar-refractivity contribution in [2.24, 2.45) is 5.92 Å². The summed E-state index contributed by atoms with van der Waals surface area (Å²) < 4.78 is 5.70. The maximum absolute atomic E-state index is 11.0. The maximum atomic E-state index is 11.0. The van der Waals surface area contributed by atoms with E-state index in [1.54, 1.807) is 6.08 Å². The van der Waals surface area contributed by atoms with Gasteiger partial charge in [0.2, 0.25) is 0 Å². The highest BCUT2D eigenvalue weighted by Gasteiger charge is 2.32. The Bertz CT molecular complexity index is 472. The second-order valence-electron chi connectivity index (χ2n) is 4.88. The Morgan fingerprint density at radius 3 is 3.00 bits per heavy atom. The molecule has 4 nitrogen and oxygen atoms in total. The van der Waals surface area contributed by atoms with Crippen molar-refractivity contribution in [1.82, 2.24) is 4.90 Å². The highest BCUT2D eigenvalue weighted by atomic mass is 16.5. The van der Waals surface area contributed by atoms with Crippen LogP contribution in [0.1, 0.15) is 18.5 Å². The predicted octanol–water partition coefficient (Wildman–Crippen LogP) is 2.33. The molecule has 1 aliphatic heterocycles. The second-order valence-corrected chi connectivity index (χ2v) is 4.88. The summed E-state index contributed by atoms with van der Waals surface area (Å²) in [5, 5.41) is 9.07. The van der Waals surface area contributed by atoms with Crippen LogP contribution in [0.25, 0.3) is 0 Å². The number of hydrogen-bond acceptors (Lipinski definition) is 3. The Hall–Kier alpha value is -1.81. The van der Waals surface area contributed by atoms with Gasteiger partial charge in [-0.2, -0.15) is 0 Å². The quantitative estimate of drug-likeness (QED) is 0.826. The SMILES string of the molecule is C=CCN(CC(=O)O)C1c2ccccc2OCC1C. The number of carboxylic acid groups (broad SMARTS) is 1. The van der Waals surface area contributed by atoms with Crippen LogP contribution in [-0.4, -0.2) is 35.7 Å². The molecule has 1 N–H and O–H groups in total. The molecule has 0 aromatic heterocycles. The molecule has 19 heavy (non-hydrogen) atoms. The van der Waals surface area contributed by atoms with Crippen LogP contribution in [0.3, 0.4) is 0 Å². The molecule has 1 aromatic carbocycles. The van der Waals surface area contributed by atoms with Crippen LogP contribution in [0.2, 0.25) is 0 Å². The molecule has 0 radical (unpaired) electrons. The largest absolute Gasteiger partial charge is 0.493 e. The van der Waals surface area contributed by atoms with E-state index in [0.29, 0.717) is 13.2 Å². The number of benzene rings is 1. The molecule has 1 aromatic rings. The van der Waals surface area contributed by atoms with Crippen LogP contribution in [0.5, 0.6) is 5.75 Å². The van der Waals surface area contributed by atoms with E-state index in [-0.39, 0.29) is 18.5 Å². The van der Waals surface area contributed by atoms with E-state index in [0.717, 1.165) is 11.3 Å². The smallest absolute Gasteiger partial charge is 0.317 e. The fourth-order valence-corrected chi connectivity index (χ4v) is 2.65. The van der Waals surface area contributed by atoms with Gasteiger partial charge in [0.1, 0.15) is 5.75 Å². The van der Waals surface area contributed by atoms with Gasteiger partial charge < -0.3 is 9.84 Å². The minimum absolute atomic E-state index is 0.00929. The van der Waals surface area contributed by atoms with Gasteiger partial charge in [0.15, 0.2) is 0 Å². The molecule has 0 bridgehead atoms. The highest BCUT2D eigenvalue weighted by Crippen LogP contribution is 2.38. The maximum Gasteiger partial charge on any atom is 0.317 e. The molecule has 0 amide bonds. The van der Waals surface area contributed by atoms with Crippen molar-refractivity contribution in [2.45, 2.75) is 13.0 Å². The number of rotatable bonds is 5. The summed E-state index contributed by atoms with van der Waals surface area (Å²) in [7, 11) is 0. The zero-order valence-electron chi connectivity index (χ0n) is 11.1. The Balaban J connectivity index is 2.34. The van der Waals surface area contributed by atoms with Crippen molar-refractivity contribution < 1.29 is 14.6 Å². The number of aliphatic carboxylic acids is 1. The molecular formula is C15H19NO3. The van der Waals surface area contributed by atoms with E-state index in [2.05, 4.69) is 13.5 Å². The number of carboxylic acids is 1. The van der Waals surface area contributed by atoms with E-state index in [1.807, 2.05) is 29.2 Å². The van der Waals surface area contributed by atoms with E-state index >= 15 is 0 Å². The summed E-state index contributed by atoms with van der Waals surface area (Å²) in [4.78, 5) is 13.0. The molecule has 1 heterocycles. The molecule has 2 rings (SSSR count). The number of carbonyl (C=O) groups is 1. The average molecular weight is 261 g/mol. The lowest BCUT2D eigenvalue weighted by molar-refractivity contribution is -0.139. The van der Waals surface area contributed by atoms with Gasteiger partial charge >= 0.3 is 5.97 Å². The van der Waals surface area contributed by atoms with Gasteiger partial charge in [-0.05, 0) is 6.07 Å². The molecule has 2 atom stereocenters. The minimum Gasteiger partial charge on any atom is -0.493 e. The Labute approximate surface area is 113 Å². The molecule has 0 saturated heterocycles. The summed E-state index contributed by atoms with van der Waals surface area (Å²) in [6.07, 6.45) is 1.74. The number of hydrogen-bond donors (Lipinski definition) is 1. The van der Waals surface area contributed by atoms with Gasteiger partial charge in [0.05, 0.1) is 13.2 Å². The van der Waals surface area contributed by atoms with Crippen LogP contribution in [0, 0.1) is 5.92 Å². The molecule has 1 aliphatic rings. The highest BCUT2D eigenvalue weighted by molar-refractivity contribution is 5.69. The first-order chi connectivity index (χ1) is 9.13. The molecule has 0 fully saturated rings. The Kier molecular flexibility index (Phi) is 4.22. The van der Waals surface area contributed by atoms with Crippen molar-refractivity contribution >= 4 is 5.97 Å². The van der Waals surface area contributed by atoms with Gasteiger partial charge in [0.25, 0.3) is 0 Å². The molecule has 0 saturated carbocycles. The molecule has 0 aliphatic carbocycles. The second kappa shape index (κ2) is 5.89. The van der Waals surface area contributed by atoms with Gasteiger partial charge in [0, 0.05) is 24.1 Å². The van der Waals surface area contributed by atoms with Crippen molar-refractivity contribution in [3.05, 3.63) is 42.5 Å². The number of ether oxygens (including phenoxy) is 1. The van der Waals surface area contributed by atoms with Crippen LogP contribution in [0.4, 0.5) is 0 Å². The summed E-state index contributed by atoms with van der Waals surface area (Å²) >= 11 is 0. The molecule has 2 unspecified atom stereocenters. The molecular weight excluding hydrogens is 242 g/mol. The lowest BCUT2D eigenvalue weighted by Crippen LogP contribution is -2.40.